The van der Waals surface area contributed by atoms with Crippen molar-refractivity contribution in [1.29, 1.82) is 0 Å². The number of benzene rings is 2. The number of rotatable bonds is 6. The Morgan fingerprint density at radius 2 is 1.90 bits per heavy atom. The maximum absolute atomic E-state index is 13.0. The lowest BCUT2D eigenvalue weighted by Gasteiger charge is -2.33. The molecule has 1 aromatic heterocycles. The Labute approximate surface area is 175 Å². The predicted molar refractivity (Wildman–Crippen MR) is 116 cm³/mol. The van der Waals surface area contributed by atoms with Gasteiger partial charge >= 0.3 is 0 Å². The van der Waals surface area contributed by atoms with Crippen LogP contribution in [0, 0.1) is 6.92 Å². The smallest absolute Gasteiger partial charge is 0.236 e. The molecule has 0 radical (unpaired) electrons. The molecule has 6 nitrogen and oxygen atoms in total. The SMILES string of the molecule is CCCCNC(=O)[C@H]1Sc2nnc(-c3ccccc3)n2N[C@H]1c1ccc(C)cc1. The van der Waals surface area contributed by atoms with Crippen LogP contribution in [0.3, 0.4) is 0 Å². The van der Waals surface area contributed by atoms with E-state index in [0.717, 1.165) is 29.8 Å². The number of aryl methyl sites for hydroxylation is 1. The molecule has 3 aromatic rings. The van der Waals surface area contributed by atoms with Gasteiger partial charge in [0.25, 0.3) is 0 Å². The highest BCUT2D eigenvalue weighted by Crippen LogP contribution is 2.38. The molecule has 29 heavy (non-hydrogen) atoms. The first kappa shape index (κ1) is 19.5. The Morgan fingerprint density at radius 1 is 1.14 bits per heavy atom. The quantitative estimate of drug-likeness (QED) is 0.606. The van der Waals surface area contributed by atoms with Gasteiger partial charge in [-0.05, 0) is 18.9 Å². The van der Waals surface area contributed by atoms with Crippen LogP contribution in [0.5, 0.6) is 0 Å². The van der Waals surface area contributed by atoms with E-state index in [4.69, 9.17) is 0 Å². The summed E-state index contributed by atoms with van der Waals surface area (Å²) < 4.78 is 1.90. The minimum Gasteiger partial charge on any atom is -0.355 e. The van der Waals surface area contributed by atoms with Crippen molar-refractivity contribution in [3.8, 4) is 11.4 Å². The van der Waals surface area contributed by atoms with Crippen LogP contribution >= 0.6 is 11.8 Å². The summed E-state index contributed by atoms with van der Waals surface area (Å²) in [6, 6.07) is 18.1. The van der Waals surface area contributed by atoms with Gasteiger partial charge in [-0.2, -0.15) is 0 Å². The second-order valence-corrected chi connectivity index (χ2v) is 8.32. The van der Waals surface area contributed by atoms with E-state index in [9.17, 15) is 4.79 Å². The Kier molecular flexibility index (Phi) is 5.85. The second-order valence-electron chi connectivity index (χ2n) is 7.21. The van der Waals surface area contributed by atoms with Crippen molar-refractivity contribution in [3.63, 3.8) is 0 Å². The minimum absolute atomic E-state index is 0.0250. The molecule has 2 N–H and O–H groups in total. The summed E-state index contributed by atoms with van der Waals surface area (Å²) in [7, 11) is 0. The van der Waals surface area contributed by atoms with Gasteiger partial charge in [-0.1, -0.05) is 85.3 Å². The Hall–Kier alpha value is -2.80. The highest BCUT2D eigenvalue weighted by molar-refractivity contribution is 8.00. The van der Waals surface area contributed by atoms with Crippen molar-refractivity contribution in [2.75, 3.05) is 12.0 Å². The molecule has 0 aliphatic carbocycles. The number of aromatic nitrogens is 3. The summed E-state index contributed by atoms with van der Waals surface area (Å²) in [6.07, 6.45) is 2.02. The predicted octanol–water partition coefficient (Wildman–Crippen LogP) is 3.93. The molecule has 7 heteroatoms. The normalized spacial score (nSPS) is 18.0. The summed E-state index contributed by atoms with van der Waals surface area (Å²) >= 11 is 1.46. The van der Waals surface area contributed by atoms with Crippen molar-refractivity contribution in [2.24, 2.45) is 0 Å². The average molecular weight is 408 g/mol. The molecule has 1 aliphatic rings. The molecule has 0 saturated heterocycles. The van der Waals surface area contributed by atoms with Gasteiger partial charge in [0.1, 0.15) is 5.25 Å². The maximum Gasteiger partial charge on any atom is 0.236 e. The van der Waals surface area contributed by atoms with Crippen LogP contribution < -0.4 is 10.7 Å². The first-order valence-corrected chi connectivity index (χ1v) is 10.8. The summed E-state index contributed by atoms with van der Waals surface area (Å²) in [6.45, 7) is 4.87. The fraction of sp³-hybridized carbons (Fsp3) is 0.318. The number of amides is 1. The topological polar surface area (TPSA) is 71.8 Å². The first-order valence-electron chi connectivity index (χ1n) is 9.95. The third kappa shape index (κ3) is 4.15. The van der Waals surface area contributed by atoms with Crippen LogP contribution in [-0.4, -0.2) is 32.6 Å². The fourth-order valence-electron chi connectivity index (χ4n) is 3.34. The van der Waals surface area contributed by atoms with Gasteiger partial charge in [0.05, 0.1) is 6.04 Å². The van der Waals surface area contributed by atoms with Crippen molar-refractivity contribution in [1.82, 2.24) is 20.2 Å². The zero-order chi connectivity index (χ0) is 20.2. The van der Waals surface area contributed by atoms with Crippen molar-refractivity contribution >= 4 is 17.7 Å². The van der Waals surface area contributed by atoms with E-state index >= 15 is 0 Å². The molecule has 2 heterocycles. The van der Waals surface area contributed by atoms with Crippen LogP contribution in [0.25, 0.3) is 11.4 Å². The number of nitrogens with zero attached hydrogens (tertiary/aromatic N) is 3. The van der Waals surface area contributed by atoms with Gasteiger partial charge in [-0.15, -0.1) is 10.2 Å². The van der Waals surface area contributed by atoms with Crippen LogP contribution in [0.1, 0.15) is 36.9 Å². The summed E-state index contributed by atoms with van der Waals surface area (Å²) in [5.41, 5.74) is 6.75. The molecule has 0 saturated carbocycles. The van der Waals surface area contributed by atoms with E-state index < -0.39 is 0 Å². The molecule has 0 fully saturated rings. The number of hydrogen-bond acceptors (Lipinski definition) is 5. The van der Waals surface area contributed by atoms with Gasteiger partial charge in [0.15, 0.2) is 5.82 Å². The molecule has 2 aromatic carbocycles. The molecule has 4 rings (SSSR count). The minimum atomic E-state index is -0.324. The summed E-state index contributed by atoms with van der Waals surface area (Å²) in [5, 5.41) is 12.2. The van der Waals surface area contributed by atoms with Gasteiger partial charge < -0.3 is 10.7 Å². The molecule has 0 spiro atoms. The first-order chi connectivity index (χ1) is 14.2. The largest absolute Gasteiger partial charge is 0.355 e. The molecule has 0 bridgehead atoms. The van der Waals surface area contributed by atoms with Crippen LogP contribution in [0.2, 0.25) is 0 Å². The van der Waals surface area contributed by atoms with Crippen molar-refractivity contribution in [2.45, 2.75) is 43.1 Å². The Morgan fingerprint density at radius 3 is 2.62 bits per heavy atom. The average Bonchev–Trinajstić information content (AvgIpc) is 3.17. The Bertz CT molecular complexity index is 971. The third-order valence-electron chi connectivity index (χ3n) is 4.99. The summed E-state index contributed by atoms with van der Waals surface area (Å²) in [5.74, 6) is 0.770. The van der Waals surface area contributed by atoms with Crippen LogP contribution in [-0.2, 0) is 4.79 Å². The molecular weight excluding hydrogens is 382 g/mol. The third-order valence-corrected chi connectivity index (χ3v) is 6.21. The molecule has 1 aliphatic heterocycles. The van der Waals surface area contributed by atoms with E-state index in [2.05, 4.69) is 59.1 Å². The van der Waals surface area contributed by atoms with E-state index in [0.29, 0.717) is 11.7 Å². The van der Waals surface area contributed by atoms with Crippen molar-refractivity contribution < 1.29 is 4.79 Å². The fourth-order valence-corrected chi connectivity index (χ4v) is 4.45. The zero-order valence-corrected chi connectivity index (χ0v) is 17.4. The maximum atomic E-state index is 13.0. The van der Waals surface area contributed by atoms with E-state index in [1.807, 2.05) is 35.0 Å². The molecule has 2 atom stereocenters. The second kappa shape index (κ2) is 8.69. The highest BCUT2D eigenvalue weighted by Gasteiger charge is 2.37. The van der Waals surface area contributed by atoms with Crippen molar-refractivity contribution in [3.05, 3.63) is 65.7 Å². The number of carbonyl (C=O) groups is 1. The van der Waals surface area contributed by atoms with E-state index in [1.54, 1.807) is 0 Å². The summed E-state index contributed by atoms with van der Waals surface area (Å²) in [4.78, 5) is 13.0. The molecule has 1 amide bonds. The number of thioether (sulfide) groups is 1. The van der Waals surface area contributed by atoms with Gasteiger partial charge in [-0.25, -0.2) is 4.68 Å². The standard InChI is InChI=1S/C22H25N5OS/c1-3-4-14-23-21(28)19-18(16-12-10-15(2)11-13-16)26-27-20(24-25-22(27)29-19)17-8-6-5-7-9-17/h5-13,18-19,26H,3-4,14H2,1-2H3,(H,23,28)/t18-,19-/m0/s1. The van der Waals surface area contributed by atoms with Gasteiger partial charge in [-0.3, -0.25) is 4.79 Å². The lowest BCUT2D eigenvalue weighted by atomic mass is 10.0. The molecule has 150 valence electrons. The number of unbranched alkanes of at least 4 members (excludes halogenated alkanes) is 1. The van der Waals surface area contributed by atoms with E-state index in [1.165, 1.54) is 17.3 Å². The monoisotopic (exact) mass is 407 g/mol. The number of nitrogens with one attached hydrogen (secondary N) is 2. The van der Waals surface area contributed by atoms with E-state index in [-0.39, 0.29) is 17.2 Å². The molecule has 0 unspecified atom stereocenters. The molecular formula is C22H25N5OS. The van der Waals surface area contributed by atoms with Crippen LogP contribution in [0.15, 0.2) is 59.8 Å². The number of carbonyl (C=O) groups excluding carboxylic acids is 1. The number of fused-ring (bicyclic) bond motifs is 1. The number of hydrogen-bond donors (Lipinski definition) is 2. The Balaban J connectivity index is 1.68. The zero-order valence-electron chi connectivity index (χ0n) is 16.6. The van der Waals surface area contributed by atoms with Crippen LogP contribution in [0.4, 0.5) is 0 Å². The lowest BCUT2D eigenvalue weighted by molar-refractivity contribution is -0.120. The lowest BCUT2D eigenvalue weighted by Crippen LogP contribution is -2.44. The van der Waals surface area contributed by atoms with Gasteiger partial charge in [0.2, 0.25) is 11.1 Å². The van der Waals surface area contributed by atoms with Gasteiger partial charge in [0, 0.05) is 12.1 Å². The highest BCUT2D eigenvalue weighted by atomic mass is 32.2.